The summed E-state index contributed by atoms with van der Waals surface area (Å²) in [7, 11) is 0. The molecule has 9 heteroatoms. The minimum Gasteiger partial charge on any atom is -0.503 e. The van der Waals surface area contributed by atoms with E-state index in [9.17, 15) is 27.9 Å². The SMILES string of the molecule is Cc1ccccc1C1C(C(=O)c2cc3cc(Br)ccc3o2)=C(O)C(=O)N1c1ccc(C(F)(F)F)cc1. The van der Waals surface area contributed by atoms with Gasteiger partial charge in [0.1, 0.15) is 5.58 Å². The largest absolute Gasteiger partial charge is 0.503 e. The van der Waals surface area contributed by atoms with E-state index in [1.54, 1.807) is 49.4 Å². The molecular formula is C27H17BrF3NO4. The smallest absolute Gasteiger partial charge is 0.416 e. The number of carbonyl (C=O) groups excluding carboxylic acids is 2. The van der Waals surface area contributed by atoms with Crippen LogP contribution in [0.15, 0.2) is 93.0 Å². The molecule has 4 aromatic rings. The molecule has 36 heavy (non-hydrogen) atoms. The Morgan fingerprint density at radius 2 is 1.72 bits per heavy atom. The van der Waals surface area contributed by atoms with Crippen LogP contribution >= 0.6 is 15.9 Å². The molecule has 0 spiro atoms. The van der Waals surface area contributed by atoms with Crippen LogP contribution in [-0.4, -0.2) is 16.8 Å². The molecule has 5 rings (SSSR count). The summed E-state index contributed by atoms with van der Waals surface area (Å²) in [5.41, 5.74) is 0.708. The van der Waals surface area contributed by atoms with Crippen molar-refractivity contribution in [2.45, 2.75) is 19.1 Å². The van der Waals surface area contributed by atoms with Gasteiger partial charge < -0.3 is 9.52 Å². The predicted molar refractivity (Wildman–Crippen MR) is 131 cm³/mol. The fourth-order valence-corrected chi connectivity index (χ4v) is 4.74. The van der Waals surface area contributed by atoms with Gasteiger partial charge in [-0.1, -0.05) is 40.2 Å². The quantitative estimate of drug-likeness (QED) is 0.268. The van der Waals surface area contributed by atoms with Crippen molar-refractivity contribution in [1.82, 2.24) is 0 Å². The van der Waals surface area contributed by atoms with Crippen molar-refractivity contribution < 1.29 is 32.3 Å². The summed E-state index contributed by atoms with van der Waals surface area (Å²) in [6.45, 7) is 1.78. The molecule has 182 valence electrons. The molecule has 2 heterocycles. The van der Waals surface area contributed by atoms with E-state index in [1.165, 1.54) is 6.07 Å². The van der Waals surface area contributed by atoms with Gasteiger partial charge >= 0.3 is 6.18 Å². The van der Waals surface area contributed by atoms with Crippen molar-refractivity contribution in [3.05, 3.63) is 111 Å². The van der Waals surface area contributed by atoms with Gasteiger partial charge in [0, 0.05) is 15.5 Å². The Bertz CT molecular complexity index is 1550. The van der Waals surface area contributed by atoms with Gasteiger partial charge in [-0.25, -0.2) is 0 Å². The molecule has 1 atom stereocenters. The van der Waals surface area contributed by atoms with Gasteiger partial charge in [-0.15, -0.1) is 0 Å². The van der Waals surface area contributed by atoms with Crippen LogP contribution in [-0.2, 0) is 11.0 Å². The lowest BCUT2D eigenvalue weighted by atomic mass is 9.92. The summed E-state index contributed by atoms with van der Waals surface area (Å²) in [5.74, 6) is -2.46. The first-order valence-electron chi connectivity index (χ1n) is 10.8. The normalized spacial score (nSPS) is 16.3. The van der Waals surface area contributed by atoms with Crippen molar-refractivity contribution >= 4 is 44.3 Å². The van der Waals surface area contributed by atoms with Crippen molar-refractivity contribution in [2.24, 2.45) is 0 Å². The molecule has 0 fully saturated rings. The topological polar surface area (TPSA) is 70.7 Å². The van der Waals surface area contributed by atoms with Crippen molar-refractivity contribution in [3.63, 3.8) is 0 Å². The maximum absolute atomic E-state index is 13.7. The number of nitrogens with zero attached hydrogens (tertiary/aromatic N) is 1. The third-order valence-electron chi connectivity index (χ3n) is 6.11. The molecular weight excluding hydrogens is 539 g/mol. The van der Waals surface area contributed by atoms with Crippen molar-refractivity contribution in [1.29, 1.82) is 0 Å². The summed E-state index contributed by atoms with van der Waals surface area (Å²) in [4.78, 5) is 28.0. The first kappa shape index (κ1) is 23.9. The van der Waals surface area contributed by atoms with E-state index in [4.69, 9.17) is 4.42 Å². The molecule has 1 unspecified atom stereocenters. The predicted octanol–water partition coefficient (Wildman–Crippen LogP) is 7.31. The number of anilines is 1. The average molecular weight is 556 g/mol. The summed E-state index contributed by atoms with van der Waals surface area (Å²) in [5, 5.41) is 11.5. The number of alkyl halides is 3. The highest BCUT2D eigenvalue weighted by atomic mass is 79.9. The minimum atomic E-state index is -4.55. The molecule has 1 aliphatic rings. The molecule has 0 saturated carbocycles. The molecule has 1 aromatic heterocycles. The molecule has 5 nitrogen and oxygen atoms in total. The van der Waals surface area contributed by atoms with Crippen LogP contribution in [0.25, 0.3) is 11.0 Å². The summed E-state index contributed by atoms with van der Waals surface area (Å²) in [6.07, 6.45) is -4.55. The van der Waals surface area contributed by atoms with Crippen LogP contribution in [0.3, 0.4) is 0 Å². The van der Waals surface area contributed by atoms with Gasteiger partial charge in [-0.3, -0.25) is 14.5 Å². The average Bonchev–Trinajstić information content (AvgIpc) is 3.37. The number of benzene rings is 3. The second-order valence-electron chi connectivity index (χ2n) is 8.36. The van der Waals surface area contributed by atoms with E-state index in [0.717, 1.165) is 39.2 Å². The molecule has 0 radical (unpaired) electrons. The summed E-state index contributed by atoms with van der Waals surface area (Å²) < 4.78 is 45.8. The number of hydrogen-bond donors (Lipinski definition) is 1. The summed E-state index contributed by atoms with van der Waals surface area (Å²) in [6, 6.07) is 16.6. The lowest BCUT2D eigenvalue weighted by Gasteiger charge is -2.28. The van der Waals surface area contributed by atoms with Crippen LogP contribution < -0.4 is 4.90 Å². The number of aliphatic hydroxyl groups excluding tert-OH is 1. The number of rotatable bonds is 4. The number of furan rings is 1. The van der Waals surface area contributed by atoms with E-state index in [1.807, 2.05) is 0 Å². The molecule has 1 N–H and O–H groups in total. The van der Waals surface area contributed by atoms with Crippen molar-refractivity contribution in [2.75, 3.05) is 4.90 Å². The lowest BCUT2D eigenvalue weighted by Crippen LogP contribution is -2.31. The minimum absolute atomic E-state index is 0.0784. The number of ketones is 1. The molecule has 0 bridgehead atoms. The van der Waals surface area contributed by atoms with Gasteiger partial charge in [0.05, 0.1) is 17.2 Å². The molecule has 3 aromatic carbocycles. The second-order valence-corrected chi connectivity index (χ2v) is 9.28. The first-order chi connectivity index (χ1) is 17.1. The highest BCUT2D eigenvalue weighted by Crippen LogP contribution is 2.44. The zero-order valence-electron chi connectivity index (χ0n) is 18.6. The lowest BCUT2D eigenvalue weighted by molar-refractivity contribution is -0.137. The Labute approximate surface area is 211 Å². The maximum atomic E-state index is 13.7. The first-order valence-corrected chi connectivity index (χ1v) is 11.6. The van der Waals surface area contributed by atoms with Crippen LogP contribution in [0.4, 0.5) is 18.9 Å². The molecule has 1 aliphatic heterocycles. The number of Topliss-reactive ketones (excluding diaryl/α,β-unsaturated/α-hetero) is 1. The van der Waals surface area contributed by atoms with Crippen LogP contribution in [0.5, 0.6) is 0 Å². The van der Waals surface area contributed by atoms with Gasteiger partial charge in [-0.05, 0) is 66.6 Å². The number of hydrogen-bond acceptors (Lipinski definition) is 4. The number of fused-ring (bicyclic) bond motifs is 1. The number of amides is 1. The third kappa shape index (κ3) is 3.99. The van der Waals surface area contributed by atoms with Gasteiger partial charge in [0.25, 0.3) is 5.91 Å². The van der Waals surface area contributed by atoms with Crippen LogP contribution in [0.1, 0.15) is 33.3 Å². The zero-order valence-corrected chi connectivity index (χ0v) is 20.2. The Morgan fingerprint density at radius 3 is 2.39 bits per heavy atom. The van der Waals surface area contributed by atoms with Gasteiger partial charge in [0.2, 0.25) is 5.78 Å². The number of aliphatic hydroxyl groups is 1. The standard InChI is InChI=1S/C27H17BrF3NO4/c1-14-4-2-3-5-19(14)23-22(24(33)21-13-15-12-17(28)8-11-20(15)36-21)25(34)26(35)32(23)18-9-6-16(7-10-18)27(29,30)31/h2-13,23,34H,1H3. The third-order valence-corrected chi connectivity index (χ3v) is 6.60. The Hall–Kier alpha value is -3.85. The second kappa shape index (κ2) is 8.67. The summed E-state index contributed by atoms with van der Waals surface area (Å²) >= 11 is 3.36. The van der Waals surface area contributed by atoms with Gasteiger partial charge in [0.15, 0.2) is 11.5 Å². The zero-order chi connectivity index (χ0) is 25.8. The molecule has 0 aliphatic carbocycles. The van der Waals surface area contributed by atoms with E-state index in [2.05, 4.69) is 15.9 Å². The molecule has 0 saturated heterocycles. The highest BCUT2D eigenvalue weighted by molar-refractivity contribution is 9.10. The van der Waals surface area contributed by atoms with E-state index >= 15 is 0 Å². The Kier molecular flexibility index (Phi) is 5.75. The highest BCUT2D eigenvalue weighted by Gasteiger charge is 2.46. The van der Waals surface area contributed by atoms with E-state index in [-0.39, 0.29) is 17.0 Å². The fourth-order valence-electron chi connectivity index (χ4n) is 4.36. The van der Waals surface area contributed by atoms with Crippen LogP contribution in [0, 0.1) is 6.92 Å². The number of halogens is 4. The fraction of sp³-hybridized carbons (Fsp3) is 0.111. The number of carbonyl (C=O) groups is 2. The van der Waals surface area contributed by atoms with E-state index < -0.39 is 35.2 Å². The Balaban J connectivity index is 1.64. The van der Waals surface area contributed by atoms with Crippen LogP contribution in [0.2, 0.25) is 0 Å². The Morgan fingerprint density at radius 1 is 1.03 bits per heavy atom. The monoisotopic (exact) mass is 555 g/mol. The maximum Gasteiger partial charge on any atom is 0.416 e. The van der Waals surface area contributed by atoms with Gasteiger partial charge in [-0.2, -0.15) is 13.2 Å². The van der Waals surface area contributed by atoms with E-state index in [0.29, 0.717) is 16.5 Å². The van der Waals surface area contributed by atoms with Crippen molar-refractivity contribution in [3.8, 4) is 0 Å². The number of aryl methyl sites for hydroxylation is 1. The molecule has 1 amide bonds.